The van der Waals surface area contributed by atoms with Gasteiger partial charge in [-0.15, -0.1) is 0 Å². The predicted molar refractivity (Wildman–Crippen MR) is 54.8 cm³/mol. The molecule has 0 spiro atoms. The minimum atomic E-state index is 0.249. The first kappa shape index (κ1) is 8.70. The van der Waals surface area contributed by atoms with E-state index in [1.54, 1.807) is 0 Å². The summed E-state index contributed by atoms with van der Waals surface area (Å²) in [6.07, 6.45) is 0.249. The van der Waals surface area contributed by atoms with Crippen LogP contribution in [-0.2, 0) is 0 Å². The molecule has 0 fully saturated rings. The van der Waals surface area contributed by atoms with Gasteiger partial charge in [0.2, 0.25) is 0 Å². The molecule has 3 heteroatoms. The van der Waals surface area contributed by atoms with Crippen molar-refractivity contribution in [2.75, 3.05) is 18.5 Å². The van der Waals surface area contributed by atoms with Crippen molar-refractivity contribution in [2.45, 2.75) is 13.0 Å². The normalized spacial score (nSPS) is 20.8. The summed E-state index contributed by atoms with van der Waals surface area (Å²) in [5, 5.41) is 0.753. The fourth-order valence-electron chi connectivity index (χ4n) is 1.63. The third-order valence-corrected chi connectivity index (χ3v) is 2.43. The maximum atomic E-state index is 5.90. The van der Waals surface area contributed by atoms with Gasteiger partial charge >= 0.3 is 0 Å². The molecule has 1 atom stereocenters. The van der Waals surface area contributed by atoms with Gasteiger partial charge < -0.3 is 9.64 Å². The quantitative estimate of drug-likeness (QED) is 0.634. The molecule has 0 saturated heterocycles. The Morgan fingerprint density at radius 1 is 1.54 bits per heavy atom. The van der Waals surface area contributed by atoms with Gasteiger partial charge in [-0.3, -0.25) is 0 Å². The van der Waals surface area contributed by atoms with Gasteiger partial charge in [-0.25, -0.2) is 0 Å². The first-order valence-electron chi connectivity index (χ1n) is 4.34. The molecule has 13 heavy (non-hydrogen) atoms. The van der Waals surface area contributed by atoms with Crippen molar-refractivity contribution in [3.05, 3.63) is 23.2 Å². The largest absolute Gasteiger partial charge is 0.487 e. The number of nitrogens with zero attached hydrogens (tertiary/aromatic N) is 1. The van der Waals surface area contributed by atoms with Gasteiger partial charge in [0.05, 0.1) is 12.2 Å². The minimum Gasteiger partial charge on any atom is -0.487 e. The maximum absolute atomic E-state index is 5.90. The summed E-state index contributed by atoms with van der Waals surface area (Å²) in [5.41, 5.74) is 1.07. The standard InChI is InChI=1S/C10H12ClNO/c1-7-6-12(2)9-5-8(11)3-4-10(9)13-7/h3-5,7H,6H2,1-2H3/t7-/m0/s1. The molecule has 0 unspecified atom stereocenters. The number of likely N-dealkylation sites (N-methyl/N-ethyl adjacent to an activating group) is 1. The summed E-state index contributed by atoms with van der Waals surface area (Å²) in [5.74, 6) is 0.922. The van der Waals surface area contributed by atoms with Crippen LogP contribution < -0.4 is 9.64 Å². The van der Waals surface area contributed by atoms with Gasteiger partial charge in [0.1, 0.15) is 11.9 Å². The van der Waals surface area contributed by atoms with Crippen molar-refractivity contribution in [3.8, 4) is 5.75 Å². The van der Waals surface area contributed by atoms with Gasteiger partial charge in [-0.05, 0) is 25.1 Å². The Labute approximate surface area is 83.1 Å². The van der Waals surface area contributed by atoms with Crippen molar-refractivity contribution >= 4 is 17.3 Å². The van der Waals surface area contributed by atoms with Crippen molar-refractivity contribution in [3.63, 3.8) is 0 Å². The Balaban J connectivity index is 2.43. The summed E-state index contributed by atoms with van der Waals surface area (Å²) in [6.45, 7) is 2.97. The second-order valence-corrected chi connectivity index (χ2v) is 3.86. The van der Waals surface area contributed by atoms with Crippen LogP contribution in [-0.4, -0.2) is 19.7 Å². The number of anilines is 1. The van der Waals surface area contributed by atoms with E-state index in [-0.39, 0.29) is 6.10 Å². The molecule has 0 N–H and O–H groups in total. The first-order chi connectivity index (χ1) is 6.16. The summed E-state index contributed by atoms with van der Waals surface area (Å²) < 4.78 is 5.66. The number of benzene rings is 1. The topological polar surface area (TPSA) is 12.5 Å². The Bertz CT molecular complexity index is 327. The molecule has 0 aliphatic carbocycles. The van der Waals surface area contributed by atoms with Crippen LogP contribution in [0.25, 0.3) is 0 Å². The Morgan fingerprint density at radius 3 is 3.08 bits per heavy atom. The fourth-order valence-corrected chi connectivity index (χ4v) is 1.79. The van der Waals surface area contributed by atoms with E-state index in [9.17, 15) is 0 Å². The zero-order chi connectivity index (χ0) is 9.42. The third kappa shape index (κ3) is 1.59. The van der Waals surface area contributed by atoms with Gasteiger partial charge in [-0.1, -0.05) is 11.6 Å². The predicted octanol–water partition coefficient (Wildman–Crippen LogP) is 2.56. The Kier molecular flexibility index (Phi) is 2.08. The van der Waals surface area contributed by atoms with E-state index in [4.69, 9.17) is 16.3 Å². The molecular formula is C10H12ClNO. The lowest BCUT2D eigenvalue weighted by atomic mass is 10.2. The lowest BCUT2D eigenvalue weighted by Crippen LogP contribution is -2.35. The number of hydrogen-bond donors (Lipinski definition) is 0. The molecule has 2 nitrogen and oxygen atoms in total. The van der Waals surface area contributed by atoms with Crippen LogP contribution in [0.15, 0.2) is 18.2 Å². The van der Waals surface area contributed by atoms with Gasteiger partial charge in [0, 0.05) is 12.1 Å². The van der Waals surface area contributed by atoms with Crippen molar-refractivity contribution in [1.29, 1.82) is 0 Å². The van der Waals surface area contributed by atoms with Crippen molar-refractivity contribution in [1.82, 2.24) is 0 Å². The van der Waals surface area contributed by atoms with Crippen LogP contribution in [0.4, 0.5) is 5.69 Å². The molecule has 1 aliphatic rings. The highest BCUT2D eigenvalue weighted by Gasteiger charge is 2.19. The molecule has 1 heterocycles. The zero-order valence-electron chi connectivity index (χ0n) is 7.75. The van der Waals surface area contributed by atoms with E-state index in [0.29, 0.717) is 0 Å². The second-order valence-electron chi connectivity index (χ2n) is 3.42. The number of halogens is 1. The Morgan fingerprint density at radius 2 is 2.31 bits per heavy atom. The van der Waals surface area contributed by atoms with Crippen LogP contribution in [0.1, 0.15) is 6.92 Å². The number of ether oxygens (including phenoxy) is 1. The number of fused-ring (bicyclic) bond motifs is 1. The average molecular weight is 198 g/mol. The molecular weight excluding hydrogens is 186 g/mol. The molecule has 1 aliphatic heterocycles. The molecule has 0 aromatic heterocycles. The van der Waals surface area contributed by atoms with Crippen molar-refractivity contribution < 1.29 is 4.74 Å². The molecule has 1 aromatic carbocycles. The molecule has 70 valence electrons. The van der Waals surface area contributed by atoms with E-state index in [1.165, 1.54) is 0 Å². The average Bonchev–Trinajstić information content (AvgIpc) is 2.06. The summed E-state index contributed by atoms with van der Waals surface area (Å²) in [4.78, 5) is 2.16. The highest BCUT2D eigenvalue weighted by molar-refractivity contribution is 6.30. The van der Waals surface area contributed by atoms with Gasteiger partial charge in [-0.2, -0.15) is 0 Å². The van der Waals surface area contributed by atoms with Crippen LogP contribution >= 0.6 is 11.6 Å². The first-order valence-corrected chi connectivity index (χ1v) is 4.72. The highest BCUT2D eigenvalue weighted by atomic mass is 35.5. The summed E-state index contributed by atoms with van der Waals surface area (Å²) >= 11 is 5.90. The van der Waals surface area contributed by atoms with E-state index < -0.39 is 0 Å². The fraction of sp³-hybridized carbons (Fsp3) is 0.400. The molecule has 0 radical (unpaired) electrons. The lowest BCUT2D eigenvalue weighted by molar-refractivity contribution is 0.215. The molecule has 0 saturated carbocycles. The van der Waals surface area contributed by atoms with Crippen molar-refractivity contribution in [2.24, 2.45) is 0 Å². The summed E-state index contributed by atoms with van der Waals surface area (Å²) in [7, 11) is 2.05. The SMILES string of the molecule is C[C@H]1CN(C)c2cc(Cl)ccc2O1. The van der Waals surface area contributed by atoms with Crippen LogP contribution in [0.3, 0.4) is 0 Å². The maximum Gasteiger partial charge on any atom is 0.143 e. The minimum absolute atomic E-state index is 0.249. The smallest absolute Gasteiger partial charge is 0.143 e. The second kappa shape index (κ2) is 3.11. The van der Waals surface area contributed by atoms with Crippen LogP contribution in [0.5, 0.6) is 5.75 Å². The molecule has 2 rings (SSSR count). The summed E-state index contributed by atoms with van der Waals surface area (Å²) in [6, 6.07) is 5.71. The number of rotatable bonds is 0. The van der Waals surface area contributed by atoms with Gasteiger partial charge in [0.25, 0.3) is 0 Å². The van der Waals surface area contributed by atoms with E-state index in [2.05, 4.69) is 11.8 Å². The van der Waals surface area contributed by atoms with E-state index in [0.717, 1.165) is 23.0 Å². The number of hydrogen-bond acceptors (Lipinski definition) is 2. The molecule has 1 aromatic rings. The van der Waals surface area contributed by atoms with Crippen LogP contribution in [0, 0.1) is 0 Å². The van der Waals surface area contributed by atoms with E-state index >= 15 is 0 Å². The van der Waals surface area contributed by atoms with E-state index in [1.807, 2.05) is 25.2 Å². The Hall–Kier alpha value is -0.890. The zero-order valence-corrected chi connectivity index (χ0v) is 8.51. The monoisotopic (exact) mass is 197 g/mol. The molecule has 0 amide bonds. The highest BCUT2D eigenvalue weighted by Crippen LogP contribution is 2.34. The van der Waals surface area contributed by atoms with Crippen LogP contribution in [0.2, 0.25) is 5.02 Å². The molecule has 0 bridgehead atoms. The third-order valence-electron chi connectivity index (χ3n) is 2.19. The lowest BCUT2D eigenvalue weighted by Gasteiger charge is -2.32. The van der Waals surface area contributed by atoms with Gasteiger partial charge in [0.15, 0.2) is 0 Å².